The molecule has 0 aromatic carbocycles. The van der Waals surface area contributed by atoms with Crippen LogP contribution in [-0.2, 0) is 0 Å². The second kappa shape index (κ2) is 12.3. The summed E-state index contributed by atoms with van der Waals surface area (Å²) in [5.74, 6) is 1.05. The summed E-state index contributed by atoms with van der Waals surface area (Å²) in [6.07, 6.45) is 12.2. The molecule has 0 saturated heterocycles. The predicted molar refractivity (Wildman–Crippen MR) is 64.5 cm³/mol. The Kier molecular flexibility index (Phi) is 12.6. The van der Waals surface area contributed by atoms with Gasteiger partial charge in [0.25, 0.3) is 0 Å². The summed E-state index contributed by atoms with van der Waals surface area (Å²) in [5, 5.41) is 0. The molecular weight excluding hydrogens is 178 g/mol. The van der Waals surface area contributed by atoms with Crippen LogP contribution in [0.1, 0.15) is 57.8 Å². The van der Waals surface area contributed by atoms with Gasteiger partial charge < -0.3 is 5.73 Å². The van der Waals surface area contributed by atoms with Crippen LogP contribution in [0, 0.1) is 0 Å². The van der Waals surface area contributed by atoms with Crippen LogP contribution >= 0.6 is 12.6 Å². The van der Waals surface area contributed by atoms with Crippen molar-refractivity contribution in [1.29, 1.82) is 0 Å². The fourth-order valence-electron chi connectivity index (χ4n) is 1.49. The van der Waals surface area contributed by atoms with Gasteiger partial charge in [-0.25, -0.2) is 0 Å². The Balaban J connectivity index is 2.76. The van der Waals surface area contributed by atoms with Crippen molar-refractivity contribution < 1.29 is 0 Å². The van der Waals surface area contributed by atoms with Crippen LogP contribution in [0.25, 0.3) is 0 Å². The van der Waals surface area contributed by atoms with E-state index in [4.69, 9.17) is 5.73 Å². The zero-order valence-corrected chi connectivity index (χ0v) is 9.70. The summed E-state index contributed by atoms with van der Waals surface area (Å²) in [7, 11) is 0. The van der Waals surface area contributed by atoms with Crippen molar-refractivity contribution in [2.45, 2.75) is 57.8 Å². The molecular formula is C11H25NS. The minimum absolute atomic E-state index is 0.863. The van der Waals surface area contributed by atoms with Crippen molar-refractivity contribution in [3.8, 4) is 0 Å². The molecule has 0 atom stereocenters. The average molecular weight is 203 g/mol. The first-order valence-corrected chi connectivity index (χ1v) is 6.36. The van der Waals surface area contributed by atoms with E-state index in [1.54, 1.807) is 0 Å². The Labute approximate surface area is 88.9 Å². The van der Waals surface area contributed by atoms with E-state index in [0.29, 0.717) is 0 Å². The van der Waals surface area contributed by atoms with Crippen LogP contribution < -0.4 is 5.73 Å². The monoisotopic (exact) mass is 203 g/mol. The molecule has 0 fully saturated rings. The van der Waals surface area contributed by atoms with Crippen LogP contribution in [-0.4, -0.2) is 12.3 Å². The van der Waals surface area contributed by atoms with Gasteiger partial charge in [-0.1, -0.05) is 44.9 Å². The summed E-state index contributed by atoms with van der Waals surface area (Å²) in [4.78, 5) is 0. The predicted octanol–water partition coefficient (Wildman–Crippen LogP) is 3.39. The van der Waals surface area contributed by atoms with Gasteiger partial charge >= 0.3 is 0 Å². The molecule has 0 aliphatic carbocycles. The molecule has 0 unspecified atom stereocenters. The number of hydrogen-bond acceptors (Lipinski definition) is 2. The molecule has 0 bridgehead atoms. The first kappa shape index (κ1) is 13.3. The maximum absolute atomic E-state index is 5.42. The van der Waals surface area contributed by atoms with Gasteiger partial charge in [-0.15, -0.1) is 0 Å². The molecule has 0 aliphatic heterocycles. The number of thiol groups is 1. The van der Waals surface area contributed by atoms with Crippen molar-refractivity contribution in [2.75, 3.05) is 12.3 Å². The highest BCUT2D eigenvalue weighted by molar-refractivity contribution is 7.80. The highest BCUT2D eigenvalue weighted by Gasteiger charge is 1.91. The highest BCUT2D eigenvalue weighted by Crippen LogP contribution is 2.09. The SMILES string of the molecule is NCCCCCCCCCCCS. The van der Waals surface area contributed by atoms with E-state index in [9.17, 15) is 0 Å². The third-order valence-corrected chi connectivity index (χ3v) is 2.68. The molecule has 0 aliphatic rings. The van der Waals surface area contributed by atoms with Gasteiger partial charge in [0, 0.05) is 0 Å². The van der Waals surface area contributed by atoms with Gasteiger partial charge in [0.15, 0.2) is 0 Å². The number of unbranched alkanes of at least 4 members (excludes halogenated alkanes) is 8. The summed E-state index contributed by atoms with van der Waals surface area (Å²) < 4.78 is 0. The van der Waals surface area contributed by atoms with Gasteiger partial charge in [0.2, 0.25) is 0 Å². The summed E-state index contributed by atoms with van der Waals surface area (Å²) in [6, 6.07) is 0. The van der Waals surface area contributed by atoms with Gasteiger partial charge in [0.1, 0.15) is 0 Å². The Hall–Kier alpha value is 0.310. The lowest BCUT2D eigenvalue weighted by Gasteiger charge is -2.00. The van der Waals surface area contributed by atoms with E-state index in [-0.39, 0.29) is 0 Å². The molecule has 0 heterocycles. The van der Waals surface area contributed by atoms with Crippen molar-refractivity contribution in [2.24, 2.45) is 5.73 Å². The topological polar surface area (TPSA) is 26.0 Å². The van der Waals surface area contributed by atoms with E-state index in [1.165, 1.54) is 57.8 Å². The maximum Gasteiger partial charge on any atom is -0.00773 e. The lowest BCUT2D eigenvalue weighted by molar-refractivity contribution is 0.568. The van der Waals surface area contributed by atoms with Crippen LogP contribution in [0.3, 0.4) is 0 Å². The van der Waals surface area contributed by atoms with Crippen LogP contribution in [0.5, 0.6) is 0 Å². The Morgan fingerprint density at radius 3 is 1.38 bits per heavy atom. The number of nitrogens with two attached hydrogens (primary N) is 1. The number of hydrogen-bond donors (Lipinski definition) is 2. The lowest BCUT2D eigenvalue weighted by atomic mass is 10.1. The van der Waals surface area contributed by atoms with E-state index in [2.05, 4.69) is 12.6 Å². The maximum atomic E-state index is 5.42. The molecule has 2 N–H and O–H groups in total. The van der Waals surface area contributed by atoms with Crippen molar-refractivity contribution in [3.05, 3.63) is 0 Å². The zero-order valence-electron chi connectivity index (χ0n) is 8.80. The van der Waals surface area contributed by atoms with Gasteiger partial charge in [-0.3, -0.25) is 0 Å². The van der Waals surface area contributed by atoms with E-state index in [1.807, 2.05) is 0 Å². The molecule has 13 heavy (non-hydrogen) atoms. The second-order valence-corrected chi connectivity index (χ2v) is 4.14. The third-order valence-electron chi connectivity index (χ3n) is 2.36. The molecule has 80 valence electrons. The molecule has 2 heteroatoms. The molecule has 0 radical (unpaired) electrons. The third kappa shape index (κ3) is 12.3. The van der Waals surface area contributed by atoms with E-state index >= 15 is 0 Å². The van der Waals surface area contributed by atoms with E-state index in [0.717, 1.165) is 12.3 Å². The largest absolute Gasteiger partial charge is 0.330 e. The summed E-state index contributed by atoms with van der Waals surface area (Å²) in [6.45, 7) is 0.863. The van der Waals surface area contributed by atoms with E-state index < -0.39 is 0 Å². The van der Waals surface area contributed by atoms with Crippen molar-refractivity contribution in [3.63, 3.8) is 0 Å². The van der Waals surface area contributed by atoms with Crippen LogP contribution in [0.4, 0.5) is 0 Å². The van der Waals surface area contributed by atoms with Crippen molar-refractivity contribution in [1.82, 2.24) is 0 Å². The van der Waals surface area contributed by atoms with Crippen molar-refractivity contribution >= 4 is 12.6 Å². The highest BCUT2D eigenvalue weighted by atomic mass is 32.1. The molecule has 0 aromatic rings. The molecule has 0 spiro atoms. The molecule has 0 amide bonds. The van der Waals surface area contributed by atoms with Crippen LogP contribution in [0.2, 0.25) is 0 Å². The summed E-state index contributed by atoms with van der Waals surface area (Å²) in [5.41, 5.74) is 5.42. The normalized spacial score (nSPS) is 10.6. The first-order valence-electron chi connectivity index (χ1n) is 5.72. The van der Waals surface area contributed by atoms with Gasteiger partial charge in [-0.2, -0.15) is 12.6 Å². The standard InChI is InChI=1S/C11H25NS/c12-10-8-6-4-2-1-3-5-7-9-11-13/h13H,1-12H2. The second-order valence-electron chi connectivity index (χ2n) is 3.69. The molecule has 1 nitrogen and oxygen atoms in total. The Morgan fingerprint density at radius 1 is 0.615 bits per heavy atom. The fraction of sp³-hybridized carbons (Fsp3) is 1.00. The first-order chi connectivity index (χ1) is 6.41. The molecule has 0 rings (SSSR count). The quantitative estimate of drug-likeness (QED) is 0.413. The zero-order chi connectivity index (χ0) is 9.78. The van der Waals surface area contributed by atoms with Gasteiger partial charge in [-0.05, 0) is 25.1 Å². The van der Waals surface area contributed by atoms with Crippen LogP contribution in [0.15, 0.2) is 0 Å². The molecule has 0 saturated carbocycles. The minimum Gasteiger partial charge on any atom is -0.330 e. The van der Waals surface area contributed by atoms with Gasteiger partial charge in [0.05, 0.1) is 0 Å². The smallest absolute Gasteiger partial charge is 0.00773 e. The Bertz CT molecular complexity index is 76.2. The average Bonchev–Trinajstić information content (AvgIpc) is 2.16. The molecule has 0 aromatic heterocycles. The summed E-state index contributed by atoms with van der Waals surface area (Å²) >= 11 is 4.19. The number of rotatable bonds is 10. The minimum atomic E-state index is 0.863. The fourth-order valence-corrected chi connectivity index (χ4v) is 1.72. The Morgan fingerprint density at radius 2 is 1.00 bits per heavy atom. The lowest BCUT2D eigenvalue weighted by Crippen LogP contribution is -1.97.